The molecule has 0 saturated heterocycles. The maximum Gasteiger partial charge on any atom is 0.310 e. The Labute approximate surface area is 185 Å². The molecule has 8 nitrogen and oxygen atoms in total. The second-order valence-corrected chi connectivity index (χ2v) is 7.05. The molecular weight excluding hydrogens is 412 g/mol. The monoisotopic (exact) mass is 436 g/mol. The fourth-order valence-electron chi connectivity index (χ4n) is 2.96. The van der Waals surface area contributed by atoms with Crippen LogP contribution in [-0.2, 0) is 17.9 Å². The number of hydrogen-bond donors (Lipinski definition) is 1. The molecule has 0 radical (unpaired) electrons. The molecule has 0 aliphatic rings. The smallest absolute Gasteiger partial charge is 0.310 e. The summed E-state index contributed by atoms with van der Waals surface area (Å²) in [5, 5.41) is 13.8. The Morgan fingerprint density at radius 2 is 1.72 bits per heavy atom. The minimum absolute atomic E-state index is 0.0618. The molecule has 0 aliphatic heterocycles. The maximum atomic E-state index is 12.2. The Morgan fingerprint density at radius 3 is 2.44 bits per heavy atom. The summed E-state index contributed by atoms with van der Waals surface area (Å²) in [5.74, 6) is 0.816. The number of hydrogen-bond acceptors (Lipinski definition) is 6. The molecule has 0 atom stereocenters. The van der Waals surface area contributed by atoms with Gasteiger partial charge in [-0.05, 0) is 41.8 Å². The van der Waals surface area contributed by atoms with E-state index in [2.05, 4.69) is 5.32 Å². The Morgan fingerprint density at radius 1 is 0.938 bits per heavy atom. The summed E-state index contributed by atoms with van der Waals surface area (Å²) in [6.07, 6.45) is 0. The van der Waals surface area contributed by atoms with Crippen molar-refractivity contribution in [2.24, 2.45) is 0 Å². The highest BCUT2D eigenvalue weighted by Gasteiger charge is 2.16. The second-order valence-electron chi connectivity index (χ2n) is 7.05. The van der Waals surface area contributed by atoms with Gasteiger partial charge in [0.15, 0.2) is 23.9 Å². The minimum Gasteiger partial charge on any atom is -0.493 e. The fraction of sp³-hybridized carbons (Fsp3) is 0.208. The average molecular weight is 436 g/mol. The van der Waals surface area contributed by atoms with Gasteiger partial charge in [0.25, 0.3) is 5.91 Å². The molecule has 0 unspecified atom stereocenters. The van der Waals surface area contributed by atoms with Crippen molar-refractivity contribution in [1.82, 2.24) is 5.32 Å². The highest BCUT2D eigenvalue weighted by molar-refractivity contribution is 5.77. The molecule has 0 aromatic heterocycles. The summed E-state index contributed by atoms with van der Waals surface area (Å²) in [6, 6.07) is 19.7. The predicted octanol–water partition coefficient (Wildman–Crippen LogP) is 4.19. The lowest BCUT2D eigenvalue weighted by atomic mass is 10.2. The lowest BCUT2D eigenvalue weighted by Gasteiger charge is -2.13. The summed E-state index contributed by atoms with van der Waals surface area (Å²) in [6.45, 7) is 2.11. The highest BCUT2D eigenvalue weighted by atomic mass is 16.6. The first-order chi connectivity index (χ1) is 15.5. The zero-order valence-electron chi connectivity index (χ0n) is 17.9. The predicted molar refractivity (Wildman–Crippen MR) is 119 cm³/mol. The SMILES string of the molecule is COc1cc(CNC(=O)COc2cc(C)ccc2[N+](=O)[O-])ccc1OCc1ccccc1. The summed E-state index contributed by atoms with van der Waals surface area (Å²) in [4.78, 5) is 22.7. The van der Waals surface area contributed by atoms with Crippen molar-refractivity contribution in [2.45, 2.75) is 20.1 Å². The number of nitrogens with one attached hydrogen (secondary N) is 1. The van der Waals surface area contributed by atoms with Gasteiger partial charge in [-0.25, -0.2) is 0 Å². The van der Waals surface area contributed by atoms with Crippen molar-refractivity contribution in [3.05, 3.63) is 93.5 Å². The van der Waals surface area contributed by atoms with E-state index in [-0.39, 0.29) is 24.6 Å². The normalized spacial score (nSPS) is 10.3. The van der Waals surface area contributed by atoms with Gasteiger partial charge >= 0.3 is 5.69 Å². The Kier molecular flexibility index (Phi) is 7.64. The van der Waals surface area contributed by atoms with Crippen LogP contribution in [0.5, 0.6) is 17.2 Å². The van der Waals surface area contributed by atoms with Gasteiger partial charge in [0.1, 0.15) is 6.61 Å². The first kappa shape index (κ1) is 22.6. The first-order valence-corrected chi connectivity index (χ1v) is 9.94. The molecule has 0 saturated carbocycles. The van der Waals surface area contributed by atoms with Crippen LogP contribution in [0, 0.1) is 17.0 Å². The molecular formula is C24H24N2O6. The van der Waals surface area contributed by atoms with Crippen molar-refractivity contribution in [3.8, 4) is 17.2 Å². The molecule has 8 heteroatoms. The molecule has 0 heterocycles. The molecule has 3 aromatic rings. The molecule has 0 bridgehead atoms. The lowest BCUT2D eigenvalue weighted by molar-refractivity contribution is -0.385. The number of nitro benzene ring substituents is 1. The third kappa shape index (κ3) is 6.21. The second kappa shape index (κ2) is 10.8. The summed E-state index contributed by atoms with van der Waals surface area (Å²) in [5.41, 5.74) is 2.47. The summed E-state index contributed by atoms with van der Waals surface area (Å²) >= 11 is 0. The largest absolute Gasteiger partial charge is 0.493 e. The average Bonchev–Trinajstić information content (AvgIpc) is 2.80. The standard InChI is InChI=1S/C24H24N2O6/c1-17-8-10-20(26(28)29)22(12-17)32-16-24(27)25-14-19-9-11-21(23(13-19)30-2)31-15-18-6-4-3-5-7-18/h3-13H,14-16H2,1-2H3,(H,25,27). The number of carbonyl (C=O) groups excluding carboxylic acids is 1. The van der Waals surface area contributed by atoms with Crippen molar-refractivity contribution >= 4 is 11.6 Å². The van der Waals surface area contributed by atoms with E-state index in [1.54, 1.807) is 32.2 Å². The van der Waals surface area contributed by atoms with Gasteiger partial charge in [-0.3, -0.25) is 14.9 Å². The van der Waals surface area contributed by atoms with Crippen LogP contribution >= 0.6 is 0 Å². The fourth-order valence-corrected chi connectivity index (χ4v) is 2.96. The van der Waals surface area contributed by atoms with Crippen LogP contribution in [0.3, 0.4) is 0 Å². The van der Waals surface area contributed by atoms with Crippen molar-refractivity contribution in [1.29, 1.82) is 0 Å². The molecule has 0 fully saturated rings. The van der Waals surface area contributed by atoms with Gasteiger partial charge in [0.05, 0.1) is 12.0 Å². The number of nitrogens with zero attached hydrogens (tertiary/aromatic N) is 1. The number of aryl methyl sites for hydroxylation is 1. The highest BCUT2D eigenvalue weighted by Crippen LogP contribution is 2.29. The summed E-state index contributed by atoms with van der Waals surface area (Å²) in [7, 11) is 1.55. The van der Waals surface area contributed by atoms with E-state index in [0.29, 0.717) is 18.1 Å². The molecule has 166 valence electrons. The van der Waals surface area contributed by atoms with Crippen LogP contribution in [0.25, 0.3) is 0 Å². The minimum atomic E-state index is -0.541. The van der Waals surface area contributed by atoms with Crippen LogP contribution in [0.1, 0.15) is 16.7 Å². The number of methoxy groups -OCH3 is 1. The molecule has 0 aliphatic carbocycles. The number of nitro groups is 1. The Hall–Kier alpha value is -4.07. The van der Waals surface area contributed by atoms with Gasteiger partial charge in [-0.15, -0.1) is 0 Å². The van der Waals surface area contributed by atoms with E-state index in [4.69, 9.17) is 14.2 Å². The van der Waals surface area contributed by atoms with Crippen molar-refractivity contribution in [2.75, 3.05) is 13.7 Å². The number of amides is 1. The van der Waals surface area contributed by atoms with Gasteiger partial charge in [0.2, 0.25) is 0 Å². The number of rotatable bonds is 10. The van der Waals surface area contributed by atoms with E-state index in [1.165, 1.54) is 12.1 Å². The van der Waals surface area contributed by atoms with Crippen LogP contribution in [-0.4, -0.2) is 24.5 Å². The lowest BCUT2D eigenvalue weighted by Crippen LogP contribution is -2.28. The maximum absolute atomic E-state index is 12.2. The molecule has 1 amide bonds. The van der Waals surface area contributed by atoms with Gasteiger partial charge in [0, 0.05) is 12.6 Å². The molecule has 1 N–H and O–H groups in total. The third-order valence-corrected chi connectivity index (χ3v) is 4.63. The summed E-state index contributed by atoms with van der Waals surface area (Å²) < 4.78 is 16.6. The van der Waals surface area contributed by atoms with Crippen molar-refractivity contribution < 1.29 is 23.9 Å². The Bertz CT molecular complexity index is 1090. The first-order valence-electron chi connectivity index (χ1n) is 9.94. The quantitative estimate of drug-likeness (QED) is 0.378. The molecule has 3 rings (SSSR count). The van der Waals surface area contributed by atoms with E-state index < -0.39 is 10.8 Å². The molecule has 3 aromatic carbocycles. The van der Waals surface area contributed by atoms with Gasteiger partial charge in [-0.1, -0.05) is 42.5 Å². The van der Waals surface area contributed by atoms with E-state index in [0.717, 1.165) is 16.7 Å². The Balaban J connectivity index is 1.54. The number of ether oxygens (including phenoxy) is 3. The number of carbonyl (C=O) groups is 1. The van der Waals surface area contributed by atoms with Gasteiger partial charge < -0.3 is 19.5 Å². The van der Waals surface area contributed by atoms with E-state index in [1.807, 2.05) is 36.4 Å². The number of benzene rings is 3. The zero-order chi connectivity index (χ0) is 22.9. The van der Waals surface area contributed by atoms with E-state index >= 15 is 0 Å². The van der Waals surface area contributed by atoms with Gasteiger partial charge in [-0.2, -0.15) is 0 Å². The van der Waals surface area contributed by atoms with Crippen molar-refractivity contribution in [3.63, 3.8) is 0 Å². The van der Waals surface area contributed by atoms with Crippen LogP contribution in [0.15, 0.2) is 66.7 Å². The van der Waals surface area contributed by atoms with Crippen LogP contribution in [0.4, 0.5) is 5.69 Å². The van der Waals surface area contributed by atoms with E-state index in [9.17, 15) is 14.9 Å². The molecule has 32 heavy (non-hydrogen) atoms. The molecule has 0 spiro atoms. The topological polar surface area (TPSA) is 99.9 Å². The zero-order valence-corrected chi connectivity index (χ0v) is 17.9. The van der Waals surface area contributed by atoms with Crippen LogP contribution < -0.4 is 19.5 Å². The third-order valence-electron chi connectivity index (χ3n) is 4.63. The van der Waals surface area contributed by atoms with Crippen LogP contribution in [0.2, 0.25) is 0 Å².